The lowest BCUT2D eigenvalue weighted by molar-refractivity contribution is -0.144. The maximum Gasteiger partial charge on any atom is 0.307 e. The predicted molar refractivity (Wildman–Crippen MR) is 80.4 cm³/mol. The van der Waals surface area contributed by atoms with Crippen molar-refractivity contribution in [3.05, 3.63) is 29.3 Å². The number of carbonyl (C=O) groups is 2. The highest BCUT2D eigenvalue weighted by molar-refractivity contribution is 6.30. The fourth-order valence-electron chi connectivity index (χ4n) is 1.68. The van der Waals surface area contributed by atoms with Crippen LogP contribution in [0.15, 0.2) is 24.3 Å². The quantitative estimate of drug-likeness (QED) is 0.726. The molecule has 5 nitrogen and oxygen atoms in total. The van der Waals surface area contributed by atoms with Crippen LogP contribution in [0.4, 0.5) is 0 Å². The van der Waals surface area contributed by atoms with Crippen molar-refractivity contribution in [3.63, 3.8) is 0 Å². The van der Waals surface area contributed by atoms with E-state index >= 15 is 0 Å². The average molecular weight is 314 g/mol. The van der Waals surface area contributed by atoms with Crippen molar-refractivity contribution in [2.45, 2.75) is 26.4 Å². The molecule has 0 saturated carbocycles. The zero-order valence-electron chi connectivity index (χ0n) is 12.5. The first-order valence-electron chi connectivity index (χ1n) is 6.76. The zero-order valence-corrected chi connectivity index (χ0v) is 13.2. The molecule has 6 heteroatoms. The monoisotopic (exact) mass is 313 g/mol. The molecule has 1 atom stereocenters. The van der Waals surface area contributed by atoms with Gasteiger partial charge < -0.3 is 14.4 Å². The van der Waals surface area contributed by atoms with Gasteiger partial charge in [0.15, 0.2) is 6.10 Å². The van der Waals surface area contributed by atoms with E-state index in [1.807, 2.05) is 0 Å². The summed E-state index contributed by atoms with van der Waals surface area (Å²) in [5.74, 6) is 0.0525. The number of ether oxygens (including phenoxy) is 2. The summed E-state index contributed by atoms with van der Waals surface area (Å²) in [4.78, 5) is 24.8. The number of carbonyl (C=O) groups excluding carboxylic acids is 2. The van der Waals surface area contributed by atoms with Crippen molar-refractivity contribution >= 4 is 23.5 Å². The predicted octanol–water partition coefficient (Wildman–Crippen LogP) is 2.52. The number of benzene rings is 1. The smallest absolute Gasteiger partial charge is 0.307 e. The number of nitrogens with zero attached hydrogens (tertiary/aromatic N) is 1. The number of rotatable bonds is 7. The van der Waals surface area contributed by atoms with Gasteiger partial charge in [0, 0.05) is 18.6 Å². The Kier molecular flexibility index (Phi) is 7.02. The summed E-state index contributed by atoms with van der Waals surface area (Å²) >= 11 is 5.78. The number of amides is 1. The first-order chi connectivity index (χ1) is 9.93. The van der Waals surface area contributed by atoms with Crippen LogP contribution < -0.4 is 4.74 Å². The zero-order chi connectivity index (χ0) is 15.8. The van der Waals surface area contributed by atoms with Crippen LogP contribution in [0, 0.1) is 0 Å². The SMILES string of the molecule is CCOC(=O)CCN(C)C(=O)C(C)Oc1ccc(Cl)cc1. The van der Waals surface area contributed by atoms with Crippen molar-refractivity contribution < 1.29 is 19.1 Å². The van der Waals surface area contributed by atoms with E-state index in [2.05, 4.69) is 0 Å². The second kappa shape index (κ2) is 8.52. The molecule has 1 aromatic carbocycles. The van der Waals surface area contributed by atoms with Crippen molar-refractivity contribution in [1.82, 2.24) is 4.90 Å². The normalized spacial score (nSPS) is 11.6. The molecular formula is C15H20ClNO4. The average Bonchev–Trinajstić information content (AvgIpc) is 2.46. The van der Waals surface area contributed by atoms with Crippen LogP contribution in [-0.4, -0.2) is 43.1 Å². The summed E-state index contributed by atoms with van der Waals surface area (Å²) in [5, 5.41) is 0.605. The number of esters is 1. The highest BCUT2D eigenvalue weighted by atomic mass is 35.5. The van der Waals surface area contributed by atoms with Gasteiger partial charge in [0.1, 0.15) is 5.75 Å². The lowest BCUT2D eigenvalue weighted by atomic mass is 10.3. The van der Waals surface area contributed by atoms with E-state index in [1.165, 1.54) is 4.90 Å². The summed E-state index contributed by atoms with van der Waals surface area (Å²) < 4.78 is 10.4. The lowest BCUT2D eigenvalue weighted by Crippen LogP contribution is -2.39. The lowest BCUT2D eigenvalue weighted by Gasteiger charge is -2.21. The Morgan fingerprint density at radius 3 is 2.48 bits per heavy atom. The molecule has 0 heterocycles. The van der Waals surface area contributed by atoms with Gasteiger partial charge in [-0.3, -0.25) is 9.59 Å². The van der Waals surface area contributed by atoms with E-state index < -0.39 is 6.10 Å². The third kappa shape index (κ3) is 6.04. The first kappa shape index (κ1) is 17.3. The van der Waals surface area contributed by atoms with Gasteiger partial charge in [0.2, 0.25) is 0 Å². The first-order valence-corrected chi connectivity index (χ1v) is 7.14. The van der Waals surface area contributed by atoms with Gasteiger partial charge in [-0.1, -0.05) is 11.6 Å². The van der Waals surface area contributed by atoms with Crippen LogP contribution in [-0.2, 0) is 14.3 Å². The molecule has 0 aliphatic heterocycles. The topological polar surface area (TPSA) is 55.8 Å². The molecule has 1 aromatic rings. The second-order valence-electron chi connectivity index (χ2n) is 4.53. The van der Waals surface area contributed by atoms with Gasteiger partial charge in [-0.05, 0) is 38.1 Å². The maximum atomic E-state index is 12.1. The number of hydrogen-bond acceptors (Lipinski definition) is 4. The summed E-state index contributed by atoms with van der Waals surface area (Å²) in [6, 6.07) is 6.78. The molecule has 21 heavy (non-hydrogen) atoms. The molecule has 0 bridgehead atoms. The highest BCUT2D eigenvalue weighted by Crippen LogP contribution is 2.17. The molecular weight excluding hydrogens is 294 g/mol. The van der Waals surface area contributed by atoms with Gasteiger partial charge in [-0.2, -0.15) is 0 Å². The summed E-state index contributed by atoms with van der Waals surface area (Å²) in [6.07, 6.45) is -0.470. The fourth-order valence-corrected chi connectivity index (χ4v) is 1.81. The standard InChI is InChI=1S/C15H20ClNO4/c1-4-20-14(18)9-10-17(3)15(19)11(2)21-13-7-5-12(16)6-8-13/h5-8,11H,4,9-10H2,1-3H3. The molecule has 0 aromatic heterocycles. The van der Waals surface area contributed by atoms with E-state index in [9.17, 15) is 9.59 Å². The third-order valence-electron chi connectivity index (χ3n) is 2.81. The molecule has 0 saturated heterocycles. The summed E-state index contributed by atoms with van der Waals surface area (Å²) in [7, 11) is 1.63. The van der Waals surface area contributed by atoms with Gasteiger partial charge in [0.05, 0.1) is 13.0 Å². The minimum absolute atomic E-state index is 0.170. The molecule has 0 N–H and O–H groups in total. The van der Waals surface area contributed by atoms with Gasteiger partial charge >= 0.3 is 5.97 Å². The van der Waals surface area contributed by atoms with Crippen LogP contribution in [0.25, 0.3) is 0 Å². The van der Waals surface area contributed by atoms with E-state index in [0.29, 0.717) is 23.9 Å². The van der Waals surface area contributed by atoms with Crippen molar-refractivity contribution in [2.75, 3.05) is 20.2 Å². The number of hydrogen-bond donors (Lipinski definition) is 0. The summed E-state index contributed by atoms with van der Waals surface area (Å²) in [6.45, 7) is 4.05. The molecule has 0 radical (unpaired) electrons. The highest BCUT2D eigenvalue weighted by Gasteiger charge is 2.19. The Balaban J connectivity index is 2.45. The van der Waals surface area contributed by atoms with E-state index in [-0.39, 0.29) is 18.3 Å². The summed E-state index contributed by atoms with van der Waals surface area (Å²) in [5.41, 5.74) is 0. The van der Waals surface area contributed by atoms with Crippen molar-refractivity contribution in [2.24, 2.45) is 0 Å². The molecule has 1 unspecified atom stereocenters. The Morgan fingerprint density at radius 1 is 1.29 bits per heavy atom. The Hall–Kier alpha value is -1.75. The van der Waals surface area contributed by atoms with Crippen molar-refractivity contribution in [1.29, 1.82) is 0 Å². The largest absolute Gasteiger partial charge is 0.481 e. The molecule has 0 fully saturated rings. The number of likely N-dealkylation sites (N-methyl/N-ethyl adjacent to an activating group) is 1. The minimum atomic E-state index is -0.640. The van der Waals surface area contributed by atoms with E-state index in [1.54, 1.807) is 45.2 Å². The van der Waals surface area contributed by atoms with E-state index in [4.69, 9.17) is 21.1 Å². The minimum Gasteiger partial charge on any atom is -0.481 e. The van der Waals surface area contributed by atoms with Gasteiger partial charge in [0.25, 0.3) is 5.91 Å². The fraction of sp³-hybridized carbons (Fsp3) is 0.467. The maximum absolute atomic E-state index is 12.1. The van der Waals surface area contributed by atoms with Gasteiger partial charge in [-0.25, -0.2) is 0 Å². The van der Waals surface area contributed by atoms with Crippen LogP contribution in [0.1, 0.15) is 20.3 Å². The number of halogens is 1. The van der Waals surface area contributed by atoms with E-state index in [0.717, 1.165) is 0 Å². The Bertz CT molecular complexity index is 475. The van der Waals surface area contributed by atoms with Crippen LogP contribution >= 0.6 is 11.6 Å². The molecule has 0 aliphatic carbocycles. The second-order valence-corrected chi connectivity index (χ2v) is 4.97. The van der Waals surface area contributed by atoms with Crippen LogP contribution in [0.2, 0.25) is 5.02 Å². The molecule has 0 spiro atoms. The molecule has 0 aliphatic rings. The molecule has 1 amide bonds. The van der Waals surface area contributed by atoms with Crippen LogP contribution in [0.3, 0.4) is 0 Å². The molecule has 1 rings (SSSR count). The third-order valence-corrected chi connectivity index (χ3v) is 3.06. The molecule has 116 valence electrons. The van der Waals surface area contributed by atoms with Crippen LogP contribution in [0.5, 0.6) is 5.75 Å². The van der Waals surface area contributed by atoms with Gasteiger partial charge in [-0.15, -0.1) is 0 Å². The van der Waals surface area contributed by atoms with Crippen molar-refractivity contribution in [3.8, 4) is 5.75 Å². The Morgan fingerprint density at radius 2 is 1.90 bits per heavy atom. The Labute approximate surface area is 129 Å².